The summed E-state index contributed by atoms with van der Waals surface area (Å²) < 4.78 is 0. The highest BCUT2D eigenvalue weighted by molar-refractivity contribution is 7.19. The number of phenolic OH excluding ortho intramolecular Hbond substituents is 1. The first kappa shape index (κ1) is 12.2. The first-order chi connectivity index (χ1) is 10.3. The van der Waals surface area contributed by atoms with Gasteiger partial charge in [-0.3, -0.25) is 4.79 Å². The van der Waals surface area contributed by atoms with E-state index >= 15 is 0 Å². The highest BCUT2D eigenvalue weighted by atomic mass is 32.1. The van der Waals surface area contributed by atoms with Crippen LogP contribution in [0.2, 0.25) is 0 Å². The average molecular weight is 298 g/mol. The Morgan fingerprint density at radius 2 is 2.24 bits per heavy atom. The number of phenols is 1. The van der Waals surface area contributed by atoms with Gasteiger partial charge in [0, 0.05) is 12.2 Å². The lowest BCUT2D eigenvalue weighted by molar-refractivity contribution is 0.112. The first-order valence-electron chi connectivity index (χ1n) is 6.42. The van der Waals surface area contributed by atoms with Crippen LogP contribution < -0.4 is 4.90 Å². The van der Waals surface area contributed by atoms with Crippen molar-refractivity contribution in [3.8, 4) is 5.75 Å². The third-order valence-electron chi connectivity index (χ3n) is 3.51. The van der Waals surface area contributed by atoms with Crippen molar-refractivity contribution in [1.82, 2.24) is 15.0 Å². The number of hydrogen-bond donors (Lipinski definition) is 1. The van der Waals surface area contributed by atoms with E-state index in [2.05, 4.69) is 15.0 Å². The fourth-order valence-corrected chi connectivity index (χ4v) is 3.33. The molecule has 0 saturated heterocycles. The van der Waals surface area contributed by atoms with E-state index in [0.717, 1.165) is 30.5 Å². The van der Waals surface area contributed by atoms with Crippen molar-refractivity contribution in [1.29, 1.82) is 0 Å². The number of aromatic nitrogens is 3. The Morgan fingerprint density at radius 3 is 3.10 bits per heavy atom. The van der Waals surface area contributed by atoms with Gasteiger partial charge in [0.05, 0.1) is 0 Å². The molecule has 2 aromatic heterocycles. The predicted molar refractivity (Wildman–Crippen MR) is 79.4 cm³/mol. The van der Waals surface area contributed by atoms with E-state index in [-0.39, 0.29) is 5.75 Å². The molecular weight excluding hydrogens is 288 g/mol. The maximum atomic E-state index is 10.9. The van der Waals surface area contributed by atoms with Crippen molar-refractivity contribution in [2.45, 2.75) is 6.42 Å². The molecule has 3 aromatic rings. The summed E-state index contributed by atoms with van der Waals surface area (Å²) in [4.78, 5) is 26.5. The average Bonchev–Trinajstić information content (AvgIpc) is 3.09. The van der Waals surface area contributed by atoms with Crippen molar-refractivity contribution in [3.05, 3.63) is 35.1 Å². The van der Waals surface area contributed by atoms with E-state index in [1.807, 2.05) is 11.0 Å². The quantitative estimate of drug-likeness (QED) is 0.731. The molecule has 1 aliphatic heterocycles. The van der Waals surface area contributed by atoms with Crippen LogP contribution in [0.5, 0.6) is 5.75 Å². The fraction of sp³-hybridized carbons (Fsp3) is 0.143. The topological polar surface area (TPSA) is 79.2 Å². The molecule has 3 heterocycles. The number of benzene rings is 1. The van der Waals surface area contributed by atoms with Crippen LogP contribution in [0.25, 0.3) is 10.3 Å². The monoisotopic (exact) mass is 298 g/mol. The summed E-state index contributed by atoms with van der Waals surface area (Å²) in [5.41, 5.74) is 2.73. The van der Waals surface area contributed by atoms with E-state index in [1.165, 1.54) is 17.7 Å². The molecule has 6 nitrogen and oxygen atoms in total. The van der Waals surface area contributed by atoms with Gasteiger partial charge < -0.3 is 10.0 Å². The number of aromatic hydroxyl groups is 1. The van der Waals surface area contributed by atoms with Gasteiger partial charge in [0.1, 0.15) is 22.4 Å². The minimum absolute atomic E-state index is 0.264. The highest BCUT2D eigenvalue weighted by Crippen LogP contribution is 2.38. The second kappa shape index (κ2) is 4.49. The SMILES string of the molecule is O=Cc1nc2c(N3CCc4cc(O)ccc43)ncnc2s1. The van der Waals surface area contributed by atoms with Crippen LogP contribution in [-0.2, 0) is 6.42 Å². The molecule has 0 unspecified atom stereocenters. The standard InChI is InChI=1S/C14H10N4O2S/c19-6-11-17-12-13(15-7-16-14(12)21-11)18-4-3-8-5-9(20)1-2-10(8)18/h1-2,5-7,20H,3-4H2. The van der Waals surface area contributed by atoms with Gasteiger partial charge in [-0.05, 0) is 30.2 Å². The molecule has 104 valence electrons. The van der Waals surface area contributed by atoms with Gasteiger partial charge in [0.25, 0.3) is 0 Å². The molecule has 0 saturated carbocycles. The summed E-state index contributed by atoms with van der Waals surface area (Å²) in [6, 6.07) is 5.30. The number of anilines is 2. The molecule has 0 bridgehead atoms. The summed E-state index contributed by atoms with van der Waals surface area (Å²) in [6.45, 7) is 0.763. The van der Waals surface area contributed by atoms with Crippen molar-refractivity contribution in [2.24, 2.45) is 0 Å². The zero-order chi connectivity index (χ0) is 14.4. The molecule has 1 aromatic carbocycles. The van der Waals surface area contributed by atoms with E-state index in [1.54, 1.807) is 12.1 Å². The third kappa shape index (κ3) is 1.85. The minimum Gasteiger partial charge on any atom is -0.508 e. The number of nitrogens with zero attached hydrogens (tertiary/aromatic N) is 4. The summed E-state index contributed by atoms with van der Waals surface area (Å²) >= 11 is 1.26. The van der Waals surface area contributed by atoms with Gasteiger partial charge in [-0.1, -0.05) is 11.3 Å². The van der Waals surface area contributed by atoms with Crippen LogP contribution in [0.1, 0.15) is 15.4 Å². The number of carbonyl (C=O) groups is 1. The minimum atomic E-state index is 0.264. The fourth-order valence-electron chi connectivity index (χ4n) is 2.61. The lowest BCUT2D eigenvalue weighted by atomic mass is 10.1. The Labute approximate surface area is 123 Å². The molecule has 0 atom stereocenters. The van der Waals surface area contributed by atoms with E-state index in [9.17, 15) is 9.90 Å². The Kier molecular flexibility index (Phi) is 2.61. The number of rotatable bonds is 2. The number of aldehydes is 1. The normalized spacial score (nSPS) is 13.6. The van der Waals surface area contributed by atoms with Crippen LogP contribution >= 0.6 is 11.3 Å². The second-order valence-corrected chi connectivity index (χ2v) is 5.74. The first-order valence-corrected chi connectivity index (χ1v) is 7.24. The Hall–Kier alpha value is -2.54. The van der Waals surface area contributed by atoms with Crippen LogP contribution in [-0.4, -0.2) is 32.9 Å². The number of hydrogen-bond acceptors (Lipinski definition) is 7. The highest BCUT2D eigenvalue weighted by Gasteiger charge is 2.24. The summed E-state index contributed by atoms with van der Waals surface area (Å²) in [5, 5.41) is 9.97. The summed E-state index contributed by atoms with van der Waals surface area (Å²) in [5.74, 6) is 0.967. The zero-order valence-corrected chi connectivity index (χ0v) is 11.7. The second-order valence-electron chi connectivity index (χ2n) is 4.74. The van der Waals surface area contributed by atoms with Crippen LogP contribution in [0, 0.1) is 0 Å². The van der Waals surface area contributed by atoms with Gasteiger partial charge in [-0.25, -0.2) is 15.0 Å². The number of carbonyl (C=O) groups excluding carboxylic acids is 1. The third-order valence-corrected chi connectivity index (χ3v) is 4.40. The van der Waals surface area contributed by atoms with Crippen LogP contribution in [0.3, 0.4) is 0 Å². The van der Waals surface area contributed by atoms with E-state index in [0.29, 0.717) is 21.2 Å². The molecule has 21 heavy (non-hydrogen) atoms. The molecule has 0 fully saturated rings. The maximum absolute atomic E-state index is 10.9. The molecule has 1 aliphatic rings. The largest absolute Gasteiger partial charge is 0.508 e. The van der Waals surface area contributed by atoms with E-state index in [4.69, 9.17) is 0 Å². The smallest absolute Gasteiger partial charge is 0.178 e. The van der Waals surface area contributed by atoms with Gasteiger partial charge >= 0.3 is 0 Å². The van der Waals surface area contributed by atoms with Crippen LogP contribution in [0.15, 0.2) is 24.5 Å². The summed E-state index contributed by atoms with van der Waals surface area (Å²) in [7, 11) is 0. The van der Waals surface area contributed by atoms with Crippen molar-refractivity contribution >= 4 is 39.5 Å². The molecule has 0 aliphatic carbocycles. The Balaban J connectivity index is 1.89. The zero-order valence-electron chi connectivity index (χ0n) is 10.9. The van der Waals surface area contributed by atoms with Crippen molar-refractivity contribution in [2.75, 3.05) is 11.4 Å². The lowest BCUT2D eigenvalue weighted by Crippen LogP contribution is -2.15. The molecule has 4 rings (SSSR count). The molecule has 0 spiro atoms. The van der Waals surface area contributed by atoms with Crippen molar-refractivity contribution < 1.29 is 9.90 Å². The van der Waals surface area contributed by atoms with Crippen LogP contribution in [0.4, 0.5) is 11.5 Å². The molecule has 0 radical (unpaired) electrons. The maximum Gasteiger partial charge on any atom is 0.178 e. The van der Waals surface area contributed by atoms with Crippen molar-refractivity contribution in [3.63, 3.8) is 0 Å². The Bertz CT molecular complexity index is 861. The summed E-state index contributed by atoms with van der Waals surface area (Å²) in [6.07, 6.45) is 3.05. The van der Waals surface area contributed by atoms with Gasteiger partial charge in [-0.15, -0.1) is 0 Å². The predicted octanol–water partition coefficient (Wildman–Crippen LogP) is 2.30. The molecular formula is C14H10N4O2S. The van der Waals surface area contributed by atoms with Gasteiger partial charge in [-0.2, -0.15) is 0 Å². The molecule has 0 amide bonds. The Morgan fingerprint density at radius 1 is 1.33 bits per heavy atom. The van der Waals surface area contributed by atoms with E-state index < -0.39 is 0 Å². The number of thiazole rings is 1. The molecule has 7 heteroatoms. The number of fused-ring (bicyclic) bond motifs is 2. The van der Waals surface area contributed by atoms with Gasteiger partial charge in [0.15, 0.2) is 17.1 Å². The molecule has 1 N–H and O–H groups in total. The van der Waals surface area contributed by atoms with Gasteiger partial charge in [0.2, 0.25) is 0 Å². The lowest BCUT2D eigenvalue weighted by Gasteiger charge is -2.18.